The lowest BCUT2D eigenvalue weighted by Crippen LogP contribution is -2.40. The molecule has 0 unspecified atom stereocenters. The summed E-state index contributed by atoms with van der Waals surface area (Å²) in [5, 5.41) is 0. The maximum atomic E-state index is 13.7. The van der Waals surface area contributed by atoms with Crippen molar-refractivity contribution in [2.24, 2.45) is 5.73 Å². The van der Waals surface area contributed by atoms with E-state index in [1.807, 2.05) is 0 Å². The predicted molar refractivity (Wildman–Crippen MR) is 90.3 cm³/mol. The molecule has 1 saturated heterocycles. The Morgan fingerprint density at radius 2 is 1.96 bits per heavy atom. The van der Waals surface area contributed by atoms with Gasteiger partial charge in [-0.3, -0.25) is 4.79 Å². The topological polar surface area (TPSA) is 98.1 Å². The van der Waals surface area contributed by atoms with Crippen molar-refractivity contribution in [2.75, 3.05) is 23.7 Å². The average Bonchev–Trinajstić information content (AvgIpc) is 2.57. The van der Waals surface area contributed by atoms with E-state index in [-0.39, 0.29) is 35.6 Å². The first-order valence-corrected chi connectivity index (χ1v) is 7.93. The van der Waals surface area contributed by atoms with Crippen LogP contribution in [0.25, 0.3) is 0 Å². The fourth-order valence-electron chi connectivity index (χ4n) is 2.94. The maximum Gasteiger partial charge on any atom is 0.189 e. The van der Waals surface area contributed by atoms with Gasteiger partial charge in [0.2, 0.25) is 0 Å². The monoisotopic (exact) mass is 329 g/mol. The zero-order valence-electron chi connectivity index (χ0n) is 13.3. The molecule has 3 rings (SSSR count). The molecule has 1 fully saturated rings. The summed E-state index contributed by atoms with van der Waals surface area (Å²) in [6.07, 6.45) is 4.66. The highest BCUT2D eigenvalue weighted by molar-refractivity contribution is 5.99. The van der Waals surface area contributed by atoms with E-state index >= 15 is 0 Å². The number of ketones is 1. The van der Waals surface area contributed by atoms with Crippen LogP contribution in [0.15, 0.2) is 30.6 Å². The molecule has 0 spiro atoms. The smallest absolute Gasteiger partial charge is 0.189 e. The van der Waals surface area contributed by atoms with Crippen molar-refractivity contribution in [3.63, 3.8) is 0 Å². The van der Waals surface area contributed by atoms with Crippen molar-refractivity contribution in [1.29, 1.82) is 0 Å². The second-order valence-electron chi connectivity index (χ2n) is 5.99. The van der Waals surface area contributed by atoms with Crippen molar-refractivity contribution >= 4 is 17.3 Å². The van der Waals surface area contributed by atoms with E-state index in [0.717, 1.165) is 37.2 Å². The SMILES string of the molecule is Nc1nccnc1C(=O)Cc1ccc(F)cc1N1CCC(N)CC1. The summed E-state index contributed by atoms with van der Waals surface area (Å²) in [4.78, 5) is 22.5. The third-order valence-corrected chi connectivity index (χ3v) is 4.27. The number of carbonyl (C=O) groups is 1. The van der Waals surface area contributed by atoms with Crippen LogP contribution in [-0.2, 0) is 6.42 Å². The van der Waals surface area contributed by atoms with Crippen LogP contribution in [0.3, 0.4) is 0 Å². The van der Waals surface area contributed by atoms with E-state index in [1.165, 1.54) is 24.5 Å². The number of nitrogens with zero attached hydrogens (tertiary/aromatic N) is 3. The molecule has 126 valence electrons. The number of hydrogen-bond donors (Lipinski definition) is 2. The van der Waals surface area contributed by atoms with Gasteiger partial charge in [-0.05, 0) is 30.5 Å². The first-order chi connectivity index (χ1) is 11.5. The third-order valence-electron chi connectivity index (χ3n) is 4.27. The van der Waals surface area contributed by atoms with Crippen LogP contribution in [0.1, 0.15) is 28.9 Å². The molecule has 0 amide bonds. The molecular formula is C17H20FN5O. The normalized spacial score (nSPS) is 15.5. The quantitative estimate of drug-likeness (QED) is 0.826. The summed E-state index contributed by atoms with van der Waals surface area (Å²) < 4.78 is 13.7. The van der Waals surface area contributed by atoms with Gasteiger partial charge in [0.25, 0.3) is 0 Å². The number of benzene rings is 1. The number of halogens is 1. The Kier molecular flexibility index (Phi) is 4.71. The number of piperidine rings is 1. The Morgan fingerprint density at radius 3 is 2.67 bits per heavy atom. The molecule has 1 aliphatic rings. The van der Waals surface area contributed by atoms with E-state index in [0.29, 0.717) is 0 Å². The molecule has 6 nitrogen and oxygen atoms in total. The molecule has 2 aromatic rings. The molecule has 0 aliphatic carbocycles. The lowest BCUT2D eigenvalue weighted by molar-refractivity contribution is 0.0989. The van der Waals surface area contributed by atoms with Gasteiger partial charge in [0.15, 0.2) is 11.6 Å². The summed E-state index contributed by atoms with van der Waals surface area (Å²) in [5.74, 6) is -0.452. The molecular weight excluding hydrogens is 309 g/mol. The van der Waals surface area contributed by atoms with Crippen LogP contribution in [0.2, 0.25) is 0 Å². The molecule has 4 N–H and O–H groups in total. The molecule has 0 saturated carbocycles. The highest BCUT2D eigenvalue weighted by atomic mass is 19.1. The maximum absolute atomic E-state index is 13.7. The van der Waals surface area contributed by atoms with Crippen molar-refractivity contribution < 1.29 is 9.18 Å². The van der Waals surface area contributed by atoms with E-state index in [2.05, 4.69) is 14.9 Å². The minimum atomic E-state index is -0.324. The standard InChI is InChI=1S/C17H20FN5O/c18-12-2-1-11(9-15(24)16-17(20)22-6-5-21-16)14(10-12)23-7-3-13(19)4-8-23/h1-2,5-6,10,13H,3-4,7-9,19H2,(H2,20,22). The summed E-state index contributed by atoms with van der Waals surface area (Å²) in [6, 6.07) is 4.66. The van der Waals surface area contributed by atoms with Gasteiger partial charge in [0.1, 0.15) is 11.5 Å². The highest BCUT2D eigenvalue weighted by Crippen LogP contribution is 2.26. The third kappa shape index (κ3) is 3.51. The lowest BCUT2D eigenvalue weighted by atomic mass is 10.0. The van der Waals surface area contributed by atoms with Crippen LogP contribution >= 0.6 is 0 Å². The molecule has 7 heteroatoms. The zero-order valence-corrected chi connectivity index (χ0v) is 13.3. The Balaban J connectivity index is 1.85. The lowest BCUT2D eigenvalue weighted by Gasteiger charge is -2.33. The van der Waals surface area contributed by atoms with Gasteiger partial charge in [-0.25, -0.2) is 14.4 Å². The van der Waals surface area contributed by atoms with Gasteiger partial charge < -0.3 is 16.4 Å². The fourth-order valence-corrected chi connectivity index (χ4v) is 2.94. The van der Waals surface area contributed by atoms with Crippen LogP contribution in [-0.4, -0.2) is 34.9 Å². The van der Waals surface area contributed by atoms with E-state index < -0.39 is 0 Å². The van der Waals surface area contributed by atoms with Gasteiger partial charge in [-0.2, -0.15) is 0 Å². The van der Waals surface area contributed by atoms with E-state index in [9.17, 15) is 9.18 Å². The Hall–Kier alpha value is -2.54. The number of carbonyl (C=O) groups excluding carboxylic acids is 1. The molecule has 0 bridgehead atoms. The summed E-state index contributed by atoms with van der Waals surface area (Å²) >= 11 is 0. The number of nitrogen functional groups attached to an aromatic ring is 1. The molecule has 24 heavy (non-hydrogen) atoms. The number of hydrogen-bond acceptors (Lipinski definition) is 6. The minimum absolute atomic E-state index is 0.0983. The second-order valence-corrected chi connectivity index (χ2v) is 5.99. The number of rotatable bonds is 4. The van der Waals surface area contributed by atoms with E-state index in [1.54, 1.807) is 6.07 Å². The minimum Gasteiger partial charge on any atom is -0.382 e. The molecule has 0 atom stereocenters. The number of anilines is 2. The van der Waals surface area contributed by atoms with Gasteiger partial charge in [-0.15, -0.1) is 0 Å². The Labute approximate surface area is 139 Å². The number of Topliss-reactive ketones (excluding diaryl/α,β-unsaturated/α-hetero) is 1. The predicted octanol–water partition coefficient (Wildman–Crippen LogP) is 1.55. The van der Waals surface area contributed by atoms with Crippen molar-refractivity contribution in [1.82, 2.24) is 9.97 Å². The number of nitrogens with two attached hydrogens (primary N) is 2. The second kappa shape index (κ2) is 6.92. The van der Waals surface area contributed by atoms with Crippen molar-refractivity contribution in [2.45, 2.75) is 25.3 Å². The Morgan fingerprint density at radius 1 is 1.25 bits per heavy atom. The fraction of sp³-hybridized carbons (Fsp3) is 0.353. The van der Waals surface area contributed by atoms with Crippen molar-refractivity contribution in [3.05, 3.63) is 47.7 Å². The molecule has 1 aromatic carbocycles. The first-order valence-electron chi connectivity index (χ1n) is 7.93. The summed E-state index contributed by atoms with van der Waals surface area (Å²) in [7, 11) is 0. The molecule has 0 radical (unpaired) electrons. The van der Waals surface area contributed by atoms with Crippen LogP contribution < -0.4 is 16.4 Å². The molecule has 1 aromatic heterocycles. The molecule has 2 heterocycles. The molecule has 1 aliphatic heterocycles. The van der Waals surface area contributed by atoms with Gasteiger partial charge in [-0.1, -0.05) is 6.07 Å². The van der Waals surface area contributed by atoms with Crippen LogP contribution in [0.4, 0.5) is 15.9 Å². The van der Waals surface area contributed by atoms with Crippen molar-refractivity contribution in [3.8, 4) is 0 Å². The van der Waals surface area contributed by atoms with Crippen LogP contribution in [0.5, 0.6) is 0 Å². The van der Waals surface area contributed by atoms with E-state index in [4.69, 9.17) is 11.5 Å². The summed E-state index contributed by atoms with van der Waals surface area (Å²) in [6.45, 7) is 1.50. The highest BCUT2D eigenvalue weighted by Gasteiger charge is 2.21. The largest absolute Gasteiger partial charge is 0.382 e. The number of aromatic nitrogens is 2. The van der Waals surface area contributed by atoms with Gasteiger partial charge in [0, 0.05) is 43.6 Å². The van der Waals surface area contributed by atoms with Crippen LogP contribution in [0, 0.1) is 5.82 Å². The Bertz CT molecular complexity index is 744. The zero-order chi connectivity index (χ0) is 17.1. The van der Waals surface area contributed by atoms with Gasteiger partial charge in [0.05, 0.1) is 0 Å². The first kappa shape index (κ1) is 16.3. The van der Waals surface area contributed by atoms with Gasteiger partial charge >= 0.3 is 0 Å². The average molecular weight is 329 g/mol. The summed E-state index contributed by atoms with van der Waals surface area (Å²) in [5.41, 5.74) is 13.3.